The first-order valence-electron chi connectivity index (χ1n) is 5.43. The van der Waals surface area contributed by atoms with E-state index in [1.165, 1.54) is 0 Å². The Morgan fingerprint density at radius 1 is 1.31 bits per heavy atom. The van der Waals surface area contributed by atoms with E-state index in [1.54, 1.807) is 12.1 Å². The summed E-state index contributed by atoms with van der Waals surface area (Å²) in [5, 5.41) is 8.77. The van der Waals surface area contributed by atoms with Gasteiger partial charge in [-0.1, -0.05) is 0 Å². The van der Waals surface area contributed by atoms with Crippen molar-refractivity contribution >= 4 is 11.4 Å². The summed E-state index contributed by atoms with van der Waals surface area (Å²) in [6.45, 7) is 3.36. The predicted octanol–water partition coefficient (Wildman–Crippen LogP) is 1.37. The van der Waals surface area contributed by atoms with Gasteiger partial charge in [0.1, 0.15) is 0 Å². The van der Waals surface area contributed by atoms with E-state index in [0.717, 1.165) is 38.4 Å². The van der Waals surface area contributed by atoms with Crippen LogP contribution in [-0.4, -0.2) is 26.3 Å². The molecule has 1 aromatic carbocycles. The summed E-state index contributed by atoms with van der Waals surface area (Å²) >= 11 is 0. The van der Waals surface area contributed by atoms with Crippen LogP contribution in [0, 0.1) is 11.3 Å². The van der Waals surface area contributed by atoms with Gasteiger partial charge in [0.05, 0.1) is 29.6 Å². The standard InChI is InChI=1S/C12H15N3O/c13-9-10-2-3-12(11(14)8-10)15-4-1-6-16-7-5-15/h2-3,8H,1,4-7,14H2. The van der Waals surface area contributed by atoms with E-state index in [9.17, 15) is 0 Å². The zero-order chi connectivity index (χ0) is 11.4. The van der Waals surface area contributed by atoms with Gasteiger partial charge in [0, 0.05) is 19.7 Å². The average Bonchev–Trinajstić information content (AvgIpc) is 2.57. The van der Waals surface area contributed by atoms with Crippen molar-refractivity contribution < 1.29 is 4.74 Å². The van der Waals surface area contributed by atoms with E-state index < -0.39 is 0 Å². The molecule has 2 N–H and O–H groups in total. The first-order valence-corrected chi connectivity index (χ1v) is 5.43. The molecule has 0 amide bonds. The monoisotopic (exact) mass is 217 g/mol. The smallest absolute Gasteiger partial charge is 0.0992 e. The van der Waals surface area contributed by atoms with Crippen LogP contribution >= 0.6 is 0 Å². The summed E-state index contributed by atoms with van der Waals surface area (Å²) in [4.78, 5) is 2.21. The fourth-order valence-electron chi connectivity index (χ4n) is 1.90. The zero-order valence-electron chi connectivity index (χ0n) is 9.15. The Bertz CT molecular complexity index is 403. The van der Waals surface area contributed by atoms with Crippen LogP contribution in [0.3, 0.4) is 0 Å². The summed E-state index contributed by atoms with van der Waals surface area (Å²) in [7, 11) is 0. The number of ether oxygens (including phenoxy) is 1. The van der Waals surface area contributed by atoms with E-state index >= 15 is 0 Å². The summed E-state index contributed by atoms with van der Waals surface area (Å²) < 4.78 is 5.40. The van der Waals surface area contributed by atoms with E-state index in [0.29, 0.717) is 11.3 Å². The molecular weight excluding hydrogens is 202 g/mol. The lowest BCUT2D eigenvalue weighted by Crippen LogP contribution is -2.26. The maximum absolute atomic E-state index is 8.77. The van der Waals surface area contributed by atoms with Gasteiger partial charge in [-0.25, -0.2) is 0 Å². The molecule has 1 fully saturated rings. The fraction of sp³-hybridized carbons (Fsp3) is 0.417. The molecule has 1 aliphatic heterocycles. The molecule has 0 aromatic heterocycles. The second-order valence-corrected chi connectivity index (χ2v) is 3.84. The van der Waals surface area contributed by atoms with Crippen LogP contribution in [-0.2, 0) is 4.74 Å². The lowest BCUT2D eigenvalue weighted by Gasteiger charge is -2.23. The SMILES string of the molecule is N#Cc1ccc(N2CCCOCC2)c(N)c1. The molecule has 2 rings (SSSR count). The van der Waals surface area contributed by atoms with Gasteiger partial charge in [0.15, 0.2) is 0 Å². The summed E-state index contributed by atoms with van der Waals surface area (Å²) in [6, 6.07) is 7.53. The van der Waals surface area contributed by atoms with E-state index in [1.807, 2.05) is 6.07 Å². The van der Waals surface area contributed by atoms with Crippen LogP contribution in [0.15, 0.2) is 18.2 Å². The first-order chi connectivity index (χ1) is 7.81. The van der Waals surface area contributed by atoms with Crippen LogP contribution in [0.5, 0.6) is 0 Å². The highest BCUT2D eigenvalue weighted by molar-refractivity contribution is 5.69. The third-order valence-corrected chi connectivity index (χ3v) is 2.72. The summed E-state index contributed by atoms with van der Waals surface area (Å²) in [5.41, 5.74) is 8.22. The number of hydrogen-bond donors (Lipinski definition) is 1. The predicted molar refractivity (Wildman–Crippen MR) is 63.2 cm³/mol. The molecule has 1 heterocycles. The number of nitrogens with two attached hydrogens (primary N) is 1. The number of nitrogen functional groups attached to an aromatic ring is 1. The van der Waals surface area contributed by atoms with Gasteiger partial charge in [-0.15, -0.1) is 0 Å². The fourth-order valence-corrected chi connectivity index (χ4v) is 1.90. The van der Waals surface area contributed by atoms with Crippen molar-refractivity contribution in [2.45, 2.75) is 6.42 Å². The van der Waals surface area contributed by atoms with Crippen molar-refractivity contribution in [2.24, 2.45) is 0 Å². The quantitative estimate of drug-likeness (QED) is 0.722. The molecule has 1 saturated heterocycles. The van der Waals surface area contributed by atoms with Crippen LogP contribution in [0.2, 0.25) is 0 Å². The number of nitrogens with zero attached hydrogens (tertiary/aromatic N) is 2. The minimum absolute atomic E-state index is 0.604. The molecule has 0 saturated carbocycles. The average molecular weight is 217 g/mol. The number of hydrogen-bond acceptors (Lipinski definition) is 4. The maximum atomic E-state index is 8.77. The first kappa shape index (κ1) is 10.8. The second kappa shape index (κ2) is 4.86. The molecule has 0 radical (unpaired) electrons. The molecule has 4 heteroatoms. The summed E-state index contributed by atoms with van der Waals surface area (Å²) in [6.07, 6.45) is 1.01. The molecule has 84 valence electrons. The normalized spacial score (nSPS) is 16.6. The van der Waals surface area contributed by atoms with Crippen LogP contribution in [0.25, 0.3) is 0 Å². The zero-order valence-corrected chi connectivity index (χ0v) is 9.15. The van der Waals surface area contributed by atoms with Gasteiger partial charge in [0.25, 0.3) is 0 Å². The van der Waals surface area contributed by atoms with Crippen molar-refractivity contribution in [2.75, 3.05) is 36.9 Å². The number of nitriles is 1. The minimum atomic E-state index is 0.604. The Labute approximate surface area is 95.2 Å². The van der Waals surface area contributed by atoms with Crippen LogP contribution in [0.4, 0.5) is 11.4 Å². The third-order valence-electron chi connectivity index (χ3n) is 2.72. The van der Waals surface area contributed by atoms with Gasteiger partial charge < -0.3 is 15.4 Å². The van der Waals surface area contributed by atoms with E-state index in [2.05, 4.69) is 11.0 Å². The number of benzene rings is 1. The van der Waals surface area contributed by atoms with E-state index in [-0.39, 0.29) is 0 Å². The Hall–Kier alpha value is -1.73. The molecule has 0 bridgehead atoms. The topological polar surface area (TPSA) is 62.3 Å². The Balaban J connectivity index is 2.22. The lowest BCUT2D eigenvalue weighted by atomic mass is 10.1. The molecule has 1 aliphatic rings. The molecule has 16 heavy (non-hydrogen) atoms. The Morgan fingerprint density at radius 3 is 2.94 bits per heavy atom. The van der Waals surface area contributed by atoms with Crippen molar-refractivity contribution in [3.05, 3.63) is 23.8 Å². The Kier molecular flexibility index (Phi) is 3.28. The van der Waals surface area contributed by atoms with Gasteiger partial charge >= 0.3 is 0 Å². The van der Waals surface area contributed by atoms with Gasteiger partial charge in [-0.05, 0) is 24.6 Å². The molecule has 1 aromatic rings. The van der Waals surface area contributed by atoms with E-state index in [4.69, 9.17) is 15.7 Å². The highest BCUT2D eigenvalue weighted by Crippen LogP contribution is 2.24. The van der Waals surface area contributed by atoms with Crippen molar-refractivity contribution in [1.82, 2.24) is 0 Å². The minimum Gasteiger partial charge on any atom is -0.397 e. The molecule has 4 nitrogen and oxygen atoms in total. The van der Waals surface area contributed by atoms with Crippen LogP contribution in [0.1, 0.15) is 12.0 Å². The molecule has 0 unspecified atom stereocenters. The Morgan fingerprint density at radius 2 is 2.19 bits per heavy atom. The molecule has 0 aliphatic carbocycles. The molecule has 0 spiro atoms. The highest BCUT2D eigenvalue weighted by atomic mass is 16.5. The molecular formula is C12H15N3O. The lowest BCUT2D eigenvalue weighted by molar-refractivity contribution is 0.152. The van der Waals surface area contributed by atoms with Gasteiger partial charge in [0.2, 0.25) is 0 Å². The number of rotatable bonds is 1. The second-order valence-electron chi connectivity index (χ2n) is 3.84. The highest BCUT2D eigenvalue weighted by Gasteiger charge is 2.12. The maximum Gasteiger partial charge on any atom is 0.0992 e. The number of anilines is 2. The van der Waals surface area contributed by atoms with Crippen molar-refractivity contribution in [3.8, 4) is 6.07 Å². The summed E-state index contributed by atoms with van der Waals surface area (Å²) in [5.74, 6) is 0. The third kappa shape index (κ3) is 2.26. The van der Waals surface area contributed by atoms with Crippen LogP contribution < -0.4 is 10.6 Å². The van der Waals surface area contributed by atoms with Gasteiger partial charge in [-0.3, -0.25) is 0 Å². The van der Waals surface area contributed by atoms with Crippen molar-refractivity contribution in [3.63, 3.8) is 0 Å². The largest absolute Gasteiger partial charge is 0.397 e. The van der Waals surface area contributed by atoms with Gasteiger partial charge in [-0.2, -0.15) is 5.26 Å². The van der Waals surface area contributed by atoms with Crippen molar-refractivity contribution in [1.29, 1.82) is 5.26 Å². The molecule has 0 atom stereocenters.